The van der Waals surface area contributed by atoms with Gasteiger partial charge in [-0.1, -0.05) is 6.92 Å². The number of aryl methyl sites for hydroxylation is 1. The van der Waals surface area contributed by atoms with Crippen LogP contribution in [0, 0.1) is 5.92 Å². The van der Waals surface area contributed by atoms with Crippen molar-refractivity contribution >= 4 is 5.91 Å². The highest BCUT2D eigenvalue weighted by molar-refractivity contribution is 5.93. The number of piperidine rings is 1. The molecule has 88 valence electrons. The van der Waals surface area contributed by atoms with Crippen LogP contribution in [0.1, 0.15) is 23.7 Å². The molecule has 2 unspecified atom stereocenters. The molecule has 0 spiro atoms. The maximum Gasteiger partial charge on any atom is 0.257 e. The van der Waals surface area contributed by atoms with Gasteiger partial charge in [0.25, 0.3) is 5.91 Å². The number of amides is 1. The molecular weight excluding hydrogens is 206 g/mol. The van der Waals surface area contributed by atoms with Gasteiger partial charge in [0.05, 0.1) is 17.9 Å². The van der Waals surface area contributed by atoms with Crippen molar-refractivity contribution in [2.75, 3.05) is 13.1 Å². The summed E-state index contributed by atoms with van der Waals surface area (Å²) in [5, 5.41) is 13.6. The second-order valence-corrected chi connectivity index (χ2v) is 4.49. The van der Waals surface area contributed by atoms with Gasteiger partial charge >= 0.3 is 0 Å². The van der Waals surface area contributed by atoms with Gasteiger partial charge in [-0.3, -0.25) is 9.48 Å². The molecule has 5 heteroatoms. The zero-order valence-electron chi connectivity index (χ0n) is 9.63. The number of carbonyl (C=O) groups excluding carboxylic acids is 1. The highest BCUT2D eigenvalue weighted by Gasteiger charge is 2.28. The van der Waals surface area contributed by atoms with Crippen LogP contribution in [0.4, 0.5) is 0 Å². The highest BCUT2D eigenvalue weighted by Crippen LogP contribution is 2.18. The van der Waals surface area contributed by atoms with Gasteiger partial charge in [0.15, 0.2) is 0 Å². The molecule has 0 bridgehead atoms. The quantitative estimate of drug-likeness (QED) is 0.743. The summed E-state index contributed by atoms with van der Waals surface area (Å²) in [7, 11) is 1.79. The average molecular weight is 223 g/mol. The van der Waals surface area contributed by atoms with E-state index in [9.17, 15) is 9.90 Å². The zero-order valence-corrected chi connectivity index (χ0v) is 9.63. The van der Waals surface area contributed by atoms with Gasteiger partial charge in [0.2, 0.25) is 0 Å². The van der Waals surface area contributed by atoms with Crippen LogP contribution >= 0.6 is 0 Å². The van der Waals surface area contributed by atoms with E-state index in [0.717, 1.165) is 0 Å². The van der Waals surface area contributed by atoms with Crippen LogP contribution in [-0.4, -0.2) is 44.9 Å². The molecular formula is C11H17N3O2. The smallest absolute Gasteiger partial charge is 0.257 e. The Morgan fingerprint density at radius 3 is 2.94 bits per heavy atom. The highest BCUT2D eigenvalue weighted by atomic mass is 16.3. The SMILES string of the molecule is CC1CN(C(=O)c2cnn(C)c2)CCC1O. The minimum Gasteiger partial charge on any atom is -0.393 e. The number of hydrogen-bond acceptors (Lipinski definition) is 3. The van der Waals surface area contributed by atoms with Crippen molar-refractivity contribution in [2.24, 2.45) is 13.0 Å². The molecule has 1 amide bonds. The van der Waals surface area contributed by atoms with E-state index in [1.165, 1.54) is 0 Å². The van der Waals surface area contributed by atoms with Crippen molar-refractivity contribution in [2.45, 2.75) is 19.4 Å². The molecule has 1 aromatic rings. The lowest BCUT2D eigenvalue weighted by Gasteiger charge is -2.34. The second-order valence-electron chi connectivity index (χ2n) is 4.49. The summed E-state index contributed by atoms with van der Waals surface area (Å²) in [4.78, 5) is 13.8. The Balaban J connectivity index is 2.06. The predicted octanol–water partition coefficient (Wildman–Crippen LogP) is 0.263. The first kappa shape index (κ1) is 11.1. The first-order chi connectivity index (χ1) is 7.58. The number of rotatable bonds is 1. The molecule has 0 saturated carbocycles. The minimum atomic E-state index is -0.280. The Bertz CT molecular complexity index is 388. The maximum atomic E-state index is 12.1. The predicted molar refractivity (Wildman–Crippen MR) is 58.9 cm³/mol. The van der Waals surface area contributed by atoms with Gasteiger partial charge in [-0.25, -0.2) is 0 Å². The van der Waals surface area contributed by atoms with E-state index in [0.29, 0.717) is 25.1 Å². The molecule has 1 N–H and O–H groups in total. The van der Waals surface area contributed by atoms with Gasteiger partial charge < -0.3 is 10.0 Å². The standard InChI is InChI=1S/C11H17N3O2/c1-8-6-14(4-3-10(8)15)11(16)9-5-12-13(2)7-9/h5,7-8,10,15H,3-4,6H2,1-2H3. The van der Waals surface area contributed by atoms with Gasteiger partial charge in [0.1, 0.15) is 0 Å². The average Bonchev–Trinajstić information content (AvgIpc) is 2.68. The van der Waals surface area contributed by atoms with Crippen molar-refractivity contribution < 1.29 is 9.90 Å². The van der Waals surface area contributed by atoms with E-state index in [4.69, 9.17) is 0 Å². The number of likely N-dealkylation sites (tertiary alicyclic amines) is 1. The van der Waals surface area contributed by atoms with Crippen LogP contribution in [0.15, 0.2) is 12.4 Å². The molecule has 1 fully saturated rings. The number of aliphatic hydroxyl groups is 1. The van der Waals surface area contributed by atoms with Crippen LogP contribution in [-0.2, 0) is 7.05 Å². The Hall–Kier alpha value is -1.36. The summed E-state index contributed by atoms with van der Waals surface area (Å²) in [5.41, 5.74) is 0.617. The summed E-state index contributed by atoms with van der Waals surface area (Å²) in [6, 6.07) is 0. The zero-order chi connectivity index (χ0) is 11.7. The number of carbonyl (C=O) groups is 1. The van der Waals surface area contributed by atoms with Crippen LogP contribution in [0.2, 0.25) is 0 Å². The summed E-state index contributed by atoms with van der Waals surface area (Å²) in [6.45, 7) is 3.21. The number of aromatic nitrogens is 2. The van der Waals surface area contributed by atoms with E-state index < -0.39 is 0 Å². The topological polar surface area (TPSA) is 58.4 Å². The third-order valence-electron chi connectivity index (χ3n) is 3.10. The fraction of sp³-hybridized carbons (Fsp3) is 0.636. The fourth-order valence-electron chi connectivity index (χ4n) is 2.03. The molecule has 2 atom stereocenters. The van der Waals surface area contributed by atoms with Crippen LogP contribution in [0.25, 0.3) is 0 Å². The van der Waals surface area contributed by atoms with E-state index in [1.807, 2.05) is 6.92 Å². The number of hydrogen-bond donors (Lipinski definition) is 1. The molecule has 0 aliphatic carbocycles. The first-order valence-corrected chi connectivity index (χ1v) is 5.54. The Labute approximate surface area is 94.7 Å². The van der Waals surface area contributed by atoms with Gasteiger partial charge in [-0.2, -0.15) is 5.10 Å². The lowest BCUT2D eigenvalue weighted by atomic mass is 9.96. The Morgan fingerprint density at radius 2 is 2.38 bits per heavy atom. The molecule has 1 aromatic heterocycles. The van der Waals surface area contributed by atoms with Crippen molar-refractivity contribution in [1.82, 2.24) is 14.7 Å². The monoisotopic (exact) mass is 223 g/mol. The summed E-state index contributed by atoms with van der Waals surface area (Å²) in [6.07, 6.45) is 3.68. The van der Waals surface area contributed by atoms with Gasteiger partial charge in [0, 0.05) is 26.3 Å². The van der Waals surface area contributed by atoms with Crippen LogP contribution in [0.5, 0.6) is 0 Å². The van der Waals surface area contributed by atoms with Crippen molar-refractivity contribution in [3.8, 4) is 0 Å². The first-order valence-electron chi connectivity index (χ1n) is 5.54. The normalized spacial score (nSPS) is 25.8. The number of nitrogens with zero attached hydrogens (tertiary/aromatic N) is 3. The van der Waals surface area contributed by atoms with E-state index in [2.05, 4.69) is 5.10 Å². The van der Waals surface area contributed by atoms with Crippen LogP contribution < -0.4 is 0 Å². The summed E-state index contributed by atoms with van der Waals surface area (Å²) < 4.78 is 1.62. The molecule has 2 heterocycles. The van der Waals surface area contributed by atoms with E-state index >= 15 is 0 Å². The number of aliphatic hydroxyl groups excluding tert-OH is 1. The third kappa shape index (κ3) is 2.09. The molecule has 0 aromatic carbocycles. The third-order valence-corrected chi connectivity index (χ3v) is 3.10. The molecule has 16 heavy (non-hydrogen) atoms. The van der Waals surface area contributed by atoms with Gasteiger partial charge in [-0.15, -0.1) is 0 Å². The molecule has 1 saturated heterocycles. The minimum absolute atomic E-state index is 0.00634. The molecule has 1 aliphatic heterocycles. The van der Waals surface area contributed by atoms with Crippen molar-refractivity contribution in [1.29, 1.82) is 0 Å². The lowest BCUT2D eigenvalue weighted by Crippen LogP contribution is -2.44. The van der Waals surface area contributed by atoms with E-state index in [1.54, 1.807) is 29.0 Å². The maximum absolute atomic E-state index is 12.1. The molecule has 5 nitrogen and oxygen atoms in total. The van der Waals surface area contributed by atoms with Gasteiger partial charge in [-0.05, 0) is 12.3 Å². The Kier molecular flexibility index (Phi) is 2.96. The van der Waals surface area contributed by atoms with E-state index in [-0.39, 0.29) is 17.9 Å². The van der Waals surface area contributed by atoms with Crippen molar-refractivity contribution in [3.63, 3.8) is 0 Å². The van der Waals surface area contributed by atoms with Crippen molar-refractivity contribution in [3.05, 3.63) is 18.0 Å². The lowest BCUT2D eigenvalue weighted by molar-refractivity contribution is 0.0297. The molecule has 2 rings (SSSR count). The summed E-state index contributed by atoms with van der Waals surface area (Å²) in [5.74, 6) is 0.154. The van der Waals surface area contributed by atoms with Crippen LogP contribution in [0.3, 0.4) is 0 Å². The Morgan fingerprint density at radius 1 is 1.62 bits per heavy atom. The molecule has 0 radical (unpaired) electrons. The molecule has 1 aliphatic rings. The summed E-state index contributed by atoms with van der Waals surface area (Å²) >= 11 is 0. The second kappa shape index (κ2) is 4.25. The largest absolute Gasteiger partial charge is 0.393 e. The fourth-order valence-corrected chi connectivity index (χ4v) is 2.03.